The maximum Gasteiger partial charge on any atom is 0.264 e. The molecule has 1 atom stereocenters. The SMILES string of the molecule is Cc1ccccc1OCC(C)NC(=O)CN(c1ccc(C(C)C)cc1)S(=O)(=O)c1ccccc1. The second-order valence-electron chi connectivity index (χ2n) is 8.62. The Morgan fingerprint density at radius 1 is 0.912 bits per heavy atom. The predicted molar refractivity (Wildman–Crippen MR) is 136 cm³/mol. The molecule has 0 aromatic heterocycles. The van der Waals surface area contributed by atoms with E-state index in [4.69, 9.17) is 4.74 Å². The number of anilines is 1. The summed E-state index contributed by atoms with van der Waals surface area (Å²) in [5, 5.41) is 2.85. The van der Waals surface area contributed by atoms with E-state index in [0.717, 1.165) is 21.2 Å². The maximum atomic E-state index is 13.4. The minimum atomic E-state index is -3.94. The molecule has 1 N–H and O–H groups in total. The minimum absolute atomic E-state index is 0.131. The van der Waals surface area contributed by atoms with Crippen LogP contribution < -0.4 is 14.4 Å². The second-order valence-corrected chi connectivity index (χ2v) is 10.5. The molecule has 0 bridgehead atoms. The first-order chi connectivity index (χ1) is 16.2. The fraction of sp³-hybridized carbons (Fsp3) is 0.296. The Kier molecular flexibility index (Phi) is 8.34. The van der Waals surface area contributed by atoms with Crippen LogP contribution in [-0.4, -0.2) is 33.5 Å². The number of sulfonamides is 1. The van der Waals surface area contributed by atoms with E-state index in [1.165, 1.54) is 12.1 Å². The molecular weight excluding hydrogens is 448 g/mol. The van der Waals surface area contributed by atoms with Gasteiger partial charge >= 0.3 is 0 Å². The number of nitrogens with zero attached hydrogens (tertiary/aromatic N) is 1. The summed E-state index contributed by atoms with van der Waals surface area (Å²) in [6.45, 7) is 7.85. The maximum absolute atomic E-state index is 13.4. The lowest BCUT2D eigenvalue weighted by molar-refractivity contribution is -0.120. The Labute approximate surface area is 202 Å². The van der Waals surface area contributed by atoms with Crippen LogP contribution in [0.3, 0.4) is 0 Å². The Balaban J connectivity index is 1.76. The van der Waals surface area contributed by atoms with Crippen molar-refractivity contribution < 1.29 is 17.9 Å². The van der Waals surface area contributed by atoms with E-state index in [0.29, 0.717) is 11.6 Å². The number of hydrogen-bond acceptors (Lipinski definition) is 4. The molecule has 0 heterocycles. The van der Waals surface area contributed by atoms with Crippen LogP contribution in [0.1, 0.15) is 37.8 Å². The average molecular weight is 481 g/mol. The molecule has 34 heavy (non-hydrogen) atoms. The zero-order chi connectivity index (χ0) is 24.7. The van der Waals surface area contributed by atoms with Crippen molar-refractivity contribution >= 4 is 21.6 Å². The highest BCUT2D eigenvalue weighted by atomic mass is 32.2. The van der Waals surface area contributed by atoms with Crippen LogP contribution in [0.4, 0.5) is 5.69 Å². The molecule has 3 aromatic carbocycles. The molecule has 0 aliphatic heterocycles. The summed E-state index contributed by atoms with van der Waals surface area (Å²) in [7, 11) is -3.94. The van der Waals surface area contributed by atoms with Gasteiger partial charge in [0, 0.05) is 0 Å². The quantitative estimate of drug-likeness (QED) is 0.448. The molecule has 3 rings (SSSR count). The molecule has 3 aromatic rings. The molecule has 6 nitrogen and oxygen atoms in total. The van der Waals surface area contributed by atoms with E-state index in [1.54, 1.807) is 30.3 Å². The first-order valence-electron chi connectivity index (χ1n) is 11.3. The van der Waals surface area contributed by atoms with Crippen molar-refractivity contribution in [2.75, 3.05) is 17.5 Å². The number of para-hydroxylation sites is 1. The standard InChI is InChI=1S/C27H32N2O4S/c1-20(2)23-14-16-24(17-15-23)29(34(31,32)25-11-6-5-7-12-25)18-27(30)28-22(4)19-33-26-13-9-8-10-21(26)3/h5-17,20,22H,18-19H2,1-4H3,(H,28,30). The van der Waals surface area contributed by atoms with Gasteiger partial charge in [-0.3, -0.25) is 9.10 Å². The van der Waals surface area contributed by atoms with Crippen LogP contribution in [0.25, 0.3) is 0 Å². The summed E-state index contributed by atoms with van der Waals surface area (Å²) in [4.78, 5) is 13.0. The molecule has 0 aliphatic rings. The molecule has 0 spiro atoms. The highest BCUT2D eigenvalue weighted by Crippen LogP contribution is 2.26. The van der Waals surface area contributed by atoms with Crippen molar-refractivity contribution in [1.82, 2.24) is 5.32 Å². The fourth-order valence-corrected chi connectivity index (χ4v) is 4.93. The van der Waals surface area contributed by atoms with Gasteiger partial charge in [-0.25, -0.2) is 8.42 Å². The van der Waals surface area contributed by atoms with Gasteiger partial charge in [0.25, 0.3) is 10.0 Å². The first kappa shape index (κ1) is 25.3. The van der Waals surface area contributed by atoms with Gasteiger partial charge in [0.05, 0.1) is 16.6 Å². The van der Waals surface area contributed by atoms with E-state index in [-0.39, 0.29) is 24.1 Å². The molecule has 1 unspecified atom stereocenters. The number of hydrogen-bond donors (Lipinski definition) is 1. The molecule has 0 radical (unpaired) electrons. The van der Waals surface area contributed by atoms with E-state index in [9.17, 15) is 13.2 Å². The Morgan fingerprint density at radius 3 is 2.15 bits per heavy atom. The van der Waals surface area contributed by atoms with Gasteiger partial charge in [0.15, 0.2) is 0 Å². The Hall–Kier alpha value is -3.32. The number of amides is 1. The molecule has 180 valence electrons. The third-order valence-corrected chi connectivity index (χ3v) is 7.24. The first-order valence-corrected chi connectivity index (χ1v) is 12.8. The van der Waals surface area contributed by atoms with Crippen LogP contribution in [0, 0.1) is 6.92 Å². The molecule has 0 fully saturated rings. The zero-order valence-corrected chi connectivity index (χ0v) is 20.9. The third kappa shape index (κ3) is 6.38. The fourth-order valence-electron chi connectivity index (χ4n) is 3.49. The molecule has 0 saturated carbocycles. The van der Waals surface area contributed by atoms with Crippen LogP contribution in [0.5, 0.6) is 5.75 Å². The third-order valence-electron chi connectivity index (χ3n) is 5.46. The van der Waals surface area contributed by atoms with E-state index < -0.39 is 15.9 Å². The summed E-state index contributed by atoms with van der Waals surface area (Å²) >= 11 is 0. The highest BCUT2D eigenvalue weighted by Gasteiger charge is 2.27. The van der Waals surface area contributed by atoms with Gasteiger partial charge in [-0.2, -0.15) is 0 Å². The van der Waals surface area contributed by atoms with Gasteiger partial charge in [-0.05, 0) is 61.2 Å². The lowest BCUT2D eigenvalue weighted by atomic mass is 10.0. The number of rotatable bonds is 10. The number of nitrogens with one attached hydrogen (secondary N) is 1. The smallest absolute Gasteiger partial charge is 0.264 e. The average Bonchev–Trinajstić information content (AvgIpc) is 2.82. The largest absolute Gasteiger partial charge is 0.491 e. The summed E-state index contributed by atoms with van der Waals surface area (Å²) in [5.41, 5.74) is 2.53. The summed E-state index contributed by atoms with van der Waals surface area (Å²) in [5.74, 6) is 0.654. The van der Waals surface area contributed by atoms with Gasteiger partial charge in [-0.1, -0.05) is 62.4 Å². The zero-order valence-electron chi connectivity index (χ0n) is 20.1. The monoisotopic (exact) mass is 480 g/mol. The normalized spacial score (nSPS) is 12.3. The number of ether oxygens (including phenoxy) is 1. The summed E-state index contributed by atoms with van der Waals surface area (Å²) in [6.07, 6.45) is 0. The van der Waals surface area contributed by atoms with Crippen LogP contribution >= 0.6 is 0 Å². The lowest BCUT2D eigenvalue weighted by Crippen LogP contribution is -2.45. The lowest BCUT2D eigenvalue weighted by Gasteiger charge is -2.25. The van der Waals surface area contributed by atoms with Gasteiger partial charge in [0.1, 0.15) is 18.9 Å². The minimum Gasteiger partial charge on any atom is -0.491 e. The number of carbonyl (C=O) groups is 1. The second kappa shape index (κ2) is 11.2. The van der Waals surface area contributed by atoms with E-state index >= 15 is 0 Å². The number of benzene rings is 3. The van der Waals surface area contributed by atoms with Gasteiger partial charge in [-0.15, -0.1) is 0 Å². The van der Waals surface area contributed by atoms with Crippen LogP contribution in [0.2, 0.25) is 0 Å². The molecule has 1 amide bonds. The molecule has 0 aliphatic carbocycles. The number of aryl methyl sites for hydroxylation is 1. The molecular formula is C27H32N2O4S. The Bertz CT molecular complexity index is 1190. The van der Waals surface area contributed by atoms with Crippen molar-refractivity contribution in [2.24, 2.45) is 0 Å². The van der Waals surface area contributed by atoms with Crippen molar-refractivity contribution in [3.8, 4) is 5.75 Å². The molecule has 0 saturated heterocycles. The topological polar surface area (TPSA) is 75.7 Å². The molecule has 7 heteroatoms. The van der Waals surface area contributed by atoms with Crippen molar-refractivity contribution in [3.63, 3.8) is 0 Å². The predicted octanol–water partition coefficient (Wildman–Crippen LogP) is 4.90. The summed E-state index contributed by atoms with van der Waals surface area (Å²) < 4.78 is 33.8. The summed E-state index contributed by atoms with van der Waals surface area (Å²) in [6, 6.07) is 22.8. The van der Waals surface area contributed by atoms with Crippen molar-refractivity contribution in [2.45, 2.75) is 44.6 Å². The van der Waals surface area contributed by atoms with Gasteiger partial charge in [0.2, 0.25) is 5.91 Å². The van der Waals surface area contributed by atoms with Crippen LogP contribution in [0.15, 0.2) is 83.8 Å². The number of carbonyl (C=O) groups excluding carboxylic acids is 1. The highest BCUT2D eigenvalue weighted by molar-refractivity contribution is 7.92. The van der Waals surface area contributed by atoms with Crippen molar-refractivity contribution in [3.05, 3.63) is 90.0 Å². The van der Waals surface area contributed by atoms with E-state index in [2.05, 4.69) is 19.2 Å². The van der Waals surface area contributed by atoms with Gasteiger partial charge < -0.3 is 10.1 Å². The van der Waals surface area contributed by atoms with Crippen molar-refractivity contribution in [1.29, 1.82) is 0 Å². The van der Waals surface area contributed by atoms with Crippen LogP contribution in [-0.2, 0) is 14.8 Å². The Morgan fingerprint density at radius 2 is 1.53 bits per heavy atom. The van der Waals surface area contributed by atoms with E-state index in [1.807, 2.05) is 50.2 Å².